The molecule has 4 aromatic rings. The van der Waals surface area contributed by atoms with E-state index in [0.717, 1.165) is 10.8 Å². The molecule has 1 atom stereocenters. The van der Waals surface area contributed by atoms with Crippen molar-refractivity contribution in [1.29, 1.82) is 0 Å². The Morgan fingerprint density at radius 1 is 0.893 bits per heavy atom. The first-order valence-corrected chi connectivity index (χ1v) is 8.65. The van der Waals surface area contributed by atoms with Crippen LogP contribution in [0.4, 0.5) is 5.82 Å². The van der Waals surface area contributed by atoms with E-state index < -0.39 is 11.9 Å². The van der Waals surface area contributed by atoms with E-state index in [9.17, 15) is 9.59 Å². The number of amides is 1. The van der Waals surface area contributed by atoms with Gasteiger partial charge in [0.05, 0.1) is 0 Å². The van der Waals surface area contributed by atoms with Gasteiger partial charge in [0.15, 0.2) is 17.3 Å². The molecule has 1 heterocycles. The van der Waals surface area contributed by atoms with Crippen LogP contribution in [-0.4, -0.2) is 26.7 Å². The Morgan fingerprint density at radius 3 is 2.29 bits per heavy atom. The summed E-state index contributed by atoms with van der Waals surface area (Å²) in [6.07, 6.45) is 0. The molecular weight excluding hydrogens is 354 g/mol. The van der Waals surface area contributed by atoms with Crippen LogP contribution in [0.1, 0.15) is 32.5 Å². The van der Waals surface area contributed by atoms with Crippen LogP contribution in [0.25, 0.3) is 10.8 Å². The molecule has 0 fully saturated rings. The summed E-state index contributed by atoms with van der Waals surface area (Å²) in [6, 6.07) is 21.4. The molecule has 28 heavy (non-hydrogen) atoms. The number of nitrogens with two attached hydrogens (primary N) is 2. The van der Waals surface area contributed by atoms with E-state index in [4.69, 9.17) is 11.5 Å². The van der Waals surface area contributed by atoms with Gasteiger partial charge in [-0.3, -0.25) is 9.59 Å². The number of aromatic nitrogens is 3. The first kappa shape index (κ1) is 17.4. The van der Waals surface area contributed by atoms with Crippen molar-refractivity contribution < 1.29 is 9.59 Å². The first-order valence-electron chi connectivity index (χ1n) is 8.65. The topological polar surface area (TPSA) is 117 Å². The summed E-state index contributed by atoms with van der Waals surface area (Å²) >= 11 is 0. The Morgan fingerprint density at radius 2 is 1.57 bits per heavy atom. The molecule has 1 amide bonds. The van der Waals surface area contributed by atoms with Crippen LogP contribution in [0.15, 0.2) is 72.8 Å². The number of fused-ring (bicyclic) bond motifs is 1. The third-order valence-corrected chi connectivity index (χ3v) is 4.63. The summed E-state index contributed by atoms with van der Waals surface area (Å²) in [5, 5.41) is 9.49. The van der Waals surface area contributed by atoms with Gasteiger partial charge in [0.1, 0.15) is 6.04 Å². The third kappa shape index (κ3) is 2.88. The van der Waals surface area contributed by atoms with Crippen molar-refractivity contribution >= 4 is 28.3 Å². The number of nitrogen functional groups attached to an aromatic ring is 1. The smallest absolute Gasteiger partial charge is 0.273 e. The molecule has 0 saturated heterocycles. The van der Waals surface area contributed by atoms with E-state index in [2.05, 4.69) is 10.3 Å². The molecule has 0 aliphatic rings. The van der Waals surface area contributed by atoms with Gasteiger partial charge < -0.3 is 11.5 Å². The normalized spacial score (nSPS) is 12.0. The van der Waals surface area contributed by atoms with E-state index in [0.29, 0.717) is 11.1 Å². The van der Waals surface area contributed by atoms with E-state index in [-0.39, 0.29) is 17.3 Å². The second-order valence-electron chi connectivity index (χ2n) is 6.34. The summed E-state index contributed by atoms with van der Waals surface area (Å²) in [7, 11) is 0. The minimum atomic E-state index is -0.882. The largest absolute Gasteiger partial charge is 0.382 e. The first-order chi connectivity index (χ1) is 13.6. The Hall–Kier alpha value is -4.00. The number of carbonyl (C=O) groups is 2. The standard InChI is InChI=1S/C21H17N5O2/c22-20-17(21(23)28)24-25-26(20)18(14-8-2-1-3-9-14)19(27)16-12-6-10-13-7-4-5-11-15(13)16/h1-12,18H,22H2,(H2,23,28). The number of hydrogen-bond donors (Lipinski definition) is 2. The van der Waals surface area contributed by atoms with Gasteiger partial charge in [0.25, 0.3) is 5.91 Å². The molecule has 0 bridgehead atoms. The summed E-state index contributed by atoms with van der Waals surface area (Å²) in [4.78, 5) is 25.2. The number of ketones is 1. The lowest BCUT2D eigenvalue weighted by Crippen LogP contribution is -2.24. The van der Waals surface area contributed by atoms with Crippen molar-refractivity contribution in [3.63, 3.8) is 0 Å². The van der Waals surface area contributed by atoms with Crippen molar-refractivity contribution in [3.8, 4) is 0 Å². The van der Waals surface area contributed by atoms with E-state index in [1.807, 2.05) is 54.6 Å². The molecule has 0 saturated carbocycles. The number of rotatable bonds is 5. The molecule has 1 aromatic heterocycles. The minimum absolute atomic E-state index is 0.0464. The maximum absolute atomic E-state index is 13.6. The van der Waals surface area contributed by atoms with Gasteiger partial charge in [0, 0.05) is 5.56 Å². The predicted molar refractivity (Wildman–Crippen MR) is 106 cm³/mol. The number of Topliss-reactive ketones (excluding diaryl/α,β-unsaturated/α-hetero) is 1. The molecular formula is C21H17N5O2. The molecule has 0 aliphatic heterocycles. The SMILES string of the molecule is NC(=O)c1nnn(C(C(=O)c2cccc3ccccc23)c2ccccc2)c1N. The van der Waals surface area contributed by atoms with Crippen LogP contribution in [0.5, 0.6) is 0 Å². The van der Waals surface area contributed by atoms with Gasteiger partial charge in [-0.15, -0.1) is 5.10 Å². The maximum Gasteiger partial charge on any atom is 0.273 e. The lowest BCUT2D eigenvalue weighted by atomic mass is 9.93. The lowest BCUT2D eigenvalue weighted by Gasteiger charge is -2.18. The van der Waals surface area contributed by atoms with Gasteiger partial charge in [-0.05, 0) is 16.3 Å². The summed E-state index contributed by atoms with van der Waals surface area (Å²) < 4.78 is 1.25. The third-order valence-electron chi connectivity index (χ3n) is 4.63. The molecule has 0 spiro atoms. The Kier molecular flexibility index (Phi) is 4.33. The van der Waals surface area contributed by atoms with Crippen molar-refractivity contribution in [2.45, 2.75) is 6.04 Å². The van der Waals surface area contributed by atoms with Crippen molar-refractivity contribution in [2.75, 3.05) is 5.73 Å². The van der Waals surface area contributed by atoms with Gasteiger partial charge in [-0.25, -0.2) is 4.68 Å². The van der Waals surface area contributed by atoms with Crippen LogP contribution in [0.3, 0.4) is 0 Å². The van der Waals surface area contributed by atoms with Gasteiger partial charge in [-0.1, -0.05) is 78.0 Å². The highest BCUT2D eigenvalue weighted by Crippen LogP contribution is 2.29. The zero-order valence-electron chi connectivity index (χ0n) is 14.8. The summed E-state index contributed by atoms with van der Waals surface area (Å²) in [6.45, 7) is 0. The van der Waals surface area contributed by atoms with Crippen molar-refractivity contribution in [3.05, 3.63) is 89.6 Å². The zero-order valence-corrected chi connectivity index (χ0v) is 14.8. The van der Waals surface area contributed by atoms with Crippen molar-refractivity contribution in [2.24, 2.45) is 5.73 Å². The van der Waals surface area contributed by atoms with Crippen LogP contribution in [0, 0.1) is 0 Å². The lowest BCUT2D eigenvalue weighted by molar-refractivity contribution is 0.0939. The fourth-order valence-corrected chi connectivity index (χ4v) is 3.29. The summed E-state index contributed by atoms with van der Waals surface area (Å²) in [5.41, 5.74) is 12.4. The molecule has 4 rings (SSSR count). The average Bonchev–Trinajstić information content (AvgIpc) is 3.10. The fraction of sp³-hybridized carbons (Fsp3) is 0.0476. The number of primary amides is 1. The molecule has 0 radical (unpaired) electrons. The highest BCUT2D eigenvalue weighted by Gasteiger charge is 2.29. The second kappa shape index (κ2) is 6.96. The predicted octanol–water partition coefficient (Wildman–Crippen LogP) is 2.58. The molecule has 0 aliphatic carbocycles. The van der Waals surface area contributed by atoms with E-state index >= 15 is 0 Å². The molecule has 1 unspecified atom stereocenters. The van der Waals surface area contributed by atoms with E-state index in [1.165, 1.54) is 4.68 Å². The molecule has 3 aromatic carbocycles. The average molecular weight is 371 g/mol. The minimum Gasteiger partial charge on any atom is -0.382 e. The summed E-state index contributed by atoms with van der Waals surface area (Å²) in [5.74, 6) is -1.06. The zero-order chi connectivity index (χ0) is 19.7. The van der Waals surface area contributed by atoms with Crippen molar-refractivity contribution in [1.82, 2.24) is 15.0 Å². The fourth-order valence-electron chi connectivity index (χ4n) is 3.29. The molecule has 138 valence electrons. The Balaban J connectivity index is 1.91. The van der Waals surface area contributed by atoms with Gasteiger partial charge in [-0.2, -0.15) is 0 Å². The van der Waals surface area contributed by atoms with E-state index in [1.54, 1.807) is 18.2 Å². The number of benzene rings is 3. The highest BCUT2D eigenvalue weighted by atomic mass is 16.1. The Bertz CT molecular complexity index is 1180. The Labute approximate surface area is 160 Å². The van der Waals surface area contributed by atoms with Crippen LogP contribution < -0.4 is 11.5 Å². The highest BCUT2D eigenvalue weighted by molar-refractivity contribution is 6.11. The van der Waals surface area contributed by atoms with Gasteiger partial charge >= 0.3 is 0 Å². The second-order valence-corrected chi connectivity index (χ2v) is 6.34. The number of carbonyl (C=O) groups excluding carboxylic acids is 2. The van der Waals surface area contributed by atoms with Crippen LogP contribution >= 0.6 is 0 Å². The monoisotopic (exact) mass is 371 g/mol. The number of hydrogen-bond acceptors (Lipinski definition) is 5. The molecule has 4 N–H and O–H groups in total. The quantitative estimate of drug-likeness (QED) is 0.523. The van der Waals surface area contributed by atoms with Crippen LogP contribution in [-0.2, 0) is 0 Å². The molecule has 7 heteroatoms. The maximum atomic E-state index is 13.6. The molecule has 7 nitrogen and oxygen atoms in total. The van der Waals surface area contributed by atoms with Gasteiger partial charge in [0.2, 0.25) is 0 Å². The number of anilines is 1. The van der Waals surface area contributed by atoms with Crippen LogP contribution in [0.2, 0.25) is 0 Å². The number of nitrogens with zero attached hydrogens (tertiary/aromatic N) is 3.